The van der Waals surface area contributed by atoms with E-state index < -0.39 is 0 Å². The van der Waals surface area contributed by atoms with Gasteiger partial charge in [-0.25, -0.2) is 0 Å². The van der Waals surface area contributed by atoms with Crippen molar-refractivity contribution < 1.29 is 5.32 Å². The maximum atomic E-state index is 3.48. The predicted molar refractivity (Wildman–Crippen MR) is 54.8 cm³/mol. The minimum Gasteiger partial charge on any atom is -0.384 e. The number of para-hydroxylation sites is 1. The van der Waals surface area contributed by atoms with Gasteiger partial charge >= 0.3 is 0 Å². The second-order valence-electron chi connectivity index (χ2n) is 3.75. The Kier molecular flexibility index (Phi) is 2.50. The van der Waals surface area contributed by atoms with Crippen molar-refractivity contribution in [1.29, 1.82) is 0 Å². The van der Waals surface area contributed by atoms with Crippen molar-refractivity contribution in [3.63, 3.8) is 0 Å². The van der Waals surface area contributed by atoms with Crippen LogP contribution in [0.2, 0.25) is 0 Å². The Morgan fingerprint density at radius 2 is 2.31 bits per heavy atom. The van der Waals surface area contributed by atoms with Gasteiger partial charge in [-0.2, -0.15) is 0 Å². The fourth-order valence-corrected chi connectivity index (χ4v) is 2.01. The fraction of sp³-hybridized carbons (Fsp3) is 0.455. The molecule has 0 bridgehead atoms. The first-order valence-corrected chi connectivity index (χ1v) is 4.99. The van der Waals surface area contributed by atoms with Crippen molar-refractivity contribution in [3.8, 4) is 0 Å². The van der Waals surface area contributed by atoms with Crippen LogP contribution in [0.5, 0.6) is 0 Å². The maximum Gasteiger partial charge on any atom is 0.0802 e. The largest absolute Gasteiger partial charge is 0.384 e. The summed E-state index contributed by atoms with van der Waals surface area (Å²) in [6.07, 6.45) is 1.23. The summed E-state index contributed by atoms with van der Waals surface area (Å²) in [6.45, 7) is 2.35. The van der Waals surface area contributed by atoms with E-state index >= 15 is 0 Å². The lowest BCUT2D eigenvalue weighted by Gasteiger charge is -2.24. The highest BCUT2D eigenvalue weighted by Crippen LogP contribution is 2.23. The van der Waals surface area contributed by atoms with Crippen molar-refractivity contribution in [2.45, 2.75) is 6.42 Å². The number of anilines is 1. The van der Waals surface area contributed by atoms with Gasteiger partial charge in [-0.3, -0.25) is 0 Å². The van der Waals surface area contributed by atoms with E-state index in [0.717, 1.165) is 12.5 Å². The molecule has 70 valence electrons. The van der Waals surface area contributed by atoms with Gasteiger partial charge in [0.25, 0.3) is 0 Å². The number of hydrogen-bond acceptors (Lipinski definition) is 1. The van der Waals surface area contributed by atoms with Gasteiger partial charge < -0.3 is 10.6 Å². The fourth-order valence-electron chi connectivity index (χ4n) is 2.01. The predicted octanol–water partition coefficient (Wildman–Crippen LogP) is 0.464. The quantitative estimate of drug-likeness (QED) is 0.675. The van der Waals surface area contributed by atoms with E-state index in [1.165, 1.54) is 24.2 Å². The molecular weight excluding hydrogens is 160 g/mol. The summed E-state index contributed by atoms with van der Waals surface area (Å²) in [6, 6.07) is 8.61. The highest BCUT2D eigenvalue weighted by Gasteiger charge is 2.17. The lowest BCUT2D eigenvalue weighted by atomic mass is 9.94. The number of benzene rings is 1. The van der Waals surface area contributed by atoms with Crippen molar-refractivity contribution in [2.75, 3.05) is 25.5 Å². The molecule has 0 fully saturated rings. The van der Waals surface area contributed by atoms with Crippen LogP contribution in [-0.2, 0) is 6.42 Å². The van der Waals surface area contributed by atoms with Crippen LogP contribution in [0, 0.1) is 5.92 Å². The van der Waals surface area contributed by atoms with Crippen LogP contribution in [0.3, 0.4) is 0 Å². The summed E-state index contributed by atoms with van der Waals surface area (Å²) in [5, 5.41) is 5.74. The summed E-state index contributed by atoms with van der Waals surface area (Å²) in [5.74, 6) is 0.792. The Labute approximate surface area is 79.4 Å². The molecule has 0 aromatic heterocycles. The Hall–Kier alpha value is -1.02. The SMILES string of the molecule is C[NH2+]CC1CNc2ccccc2C1. The Balaban J connectivity index is 2.11. The zero-order valence-corrected chi connectivity index (χ0v) is 8.09. The third-order valence-corrected chi connectivity index (χ3v) is 2.68. The van der Waals surface area contributed by atoms with Crippen molar-refractivity contribution in [3.05, 3.63) is 29.8 Å². The second-order valence-corrected chi connectivity index (χ2v) is 3.75. The van der Waals surface area contributed by atoms with Gasteiger partial charge in [0.1, 0.15) is 0 Å². The van der Waals surface area contributed by atoms with Crippen LogP contribution >= 0.6 is 0 Å². The molecule has 1 heterocycles. The van der Waals surface area contributed by atoms with E-state index in [2.05, 4.69) is 41.9 Å². The van der Waals surface area contributed by atoms with E-state index in [1.54, 1.807) is 0 Å². The zero-order chi connectivity index (χ0) is 9.10. The molecule has 1 atom stereocenters. The maximum absolute atomic E-state index is 3.48. The lowest BCUT2D eigenvalue weighted by molar-refractivity contribution is -0.632. The van der Waals surface area contributed by atoms with Crippen LogP contribution < -0.4 is 10.6 Å². The first-order valence-electron chi connectivity index (χ1n) is 4.99. The monoisotopic (exact) mass is 177 g/mol. The van der Waals surface area contributed by atoms with E-state index in [1.807, 2.05) is 0 Å². The molecule has 13 heavy (non-hydrogen) atoms. The minimum atomic E-state index is 0.792. The van der Waals surface area contributed by atoms with E-state index in [-0.39, 0.29) is 0 Å². The third kappa shape index (κ3) is 1.83. The molecule has 1 aromatic rings. The highest BCUT2D eigenvalue weighted by atomic mass is 14.9. The third-order valence-electron chi connectivity index (χ3n) is 2.68. The molecular formula is C11H17N2+. The van der Waals surface area contributed by atoms with Gasteiger partial charge in [0.2, 0.25) is 0 Å². The molecule has 0 amide bonds. The number of nitrogens with two attached hydrogens (primary N) is 1. The van der Waals surface area contributed by atoms with Crippen LogP contribution in [0.15, 0.2) is 24.3 Å². The molecule has 2 heteroatoms. The normalized spacial score (nSPS) is 20.5. The Morgan fingerprint density at radius 1 is 1.46 bits per heavy atom. The van der Waals surface area contributed by atoms with Crippen LogP contribution in [-0.4, -0.2) is 20.1 Å². The van der Waals surface area contributed by atoms with E-state index in [9.17, 15) is 0 Å². The first-order chi connectivity index (χ1) is 6.40. The summed E-state index contributed by atoms with van der Waals surface area (Å²) in [5.41, 5.74) is 2.80. The topological polar surface area (TPSA) is 28.6 Å². The molecule has 0 saturated carbocycles. The molecule has 1 aliphatic heterocycles. The molecule has 1 aliphatic rings. The van der Waals surface area contributed by atoms with Crippen LogP contribution in [0.4, 0.5) is 5.69 Å². The molecule has 3 N–H and O–H groups in total. The first kappa shape index (κ1) is 8.57. The molecule has 2 nitrogen and oxygen atoms in total. The highest BCUT2D eigenvalue weighted by molar-refractivity contribution is 5.53. The zero-order valence-electron chi connectivity index (χ0n) is 8.09. The second kappa shape index (κ2) is 3.79. The van der Waals surface area contributed by atoms with Crippen LogP contribution in [0.1, 0.15) is 5.56 Å². The van der Waals surface area contributed by atoms with Crippen LogP contribution in [0.25, 0.3) is 0 Å². The van der Waals surface area contributed by atoms with Crippen molar-refractivity contribution >= 4 is 5.69 Å². The number of rotatable bonds is 2. The van der Waals surface area contributed by atoms with Gasteiger partial charge in [-0.1, -0.05) is 18.2 Å². The average Bonchev–Trinajstić information content (AvgIpc) is 2.18. The Bertz CT molecular complexity index is 283. The summed E-state index contributed by atoms with van der Waals surface area (Å²) in [4.78, 5) is 0. The summed E-state index contributed by atoms with van der Waals surface area (Å²) >= 11 is 0. The standard InChI is InChI=1S/C11H16N2/c1-12-7-9-6-10-4-2-3-5-11(10)13-8-9/h2-5,9,12-13H,6-8H2,1H3/p+1. The minimum absolute atomic E-state index is 0.792. The number of hydrogen-bond donors (Lipinski definition) is 2. The van der Waals surface area contributed by atoms with Gasteiger partial charge in [0.05, 0.1) is 13.6 Å². The molecule has 0 spiro atoms. The molecule has 2 rings (SSSR count). The smallest absolute Gasteiger partial charge is 0.0802 e. The van der Waals surface area contributed by atoms with E-state index in [4.69, 9.17) is 0 Å². The van der Waals surface area contributed by atoms with Gasteiger partial charge in [-0.05, 0) is 18.1 Å². The summed E-state index contributed by atoms with van der Waals surface area (Å²) in [7, 11) is 2.14. The van der Waals surface area contributed by atoms with E-state index in [0.29, 0.717) is 0 Å². The van der Waals surface area contributed by atoms with Gasteiger partial charge in [0, 0.05) is 18.2 Å². The molecule has 0 saturated heterocycles. The number of nitrogens with one attached hydrogen (secondary N) is 1. The number of quaternary nitrogens is 1. The molecule has 1 aromatic carbocycles. The van der Waals surface area contributed by atoms with Crippen molar-refractivity contribution in [1.82, 2.24) is 0 Å². The average molecular weight is 177 g/mol. The number of fused-ring (bicyclic) bond motifs is 1. The summed E-state index contributed by atoms with van der Waals surface area (Å²) < 4.78 is 0. The van der Waals surface area contributed by atoms with Gasteiger partial charge in [-0.15, -0.1) is 0 Å². The lowest BCUT2D eigenvalue weighted by Crippen LogP contribution is -2.81. The van der Waals surface area contributed by atoms with Crippen molar-refractivity contribution in [2.24, 2.45) is 5.92 Å². The molecule has 0 aliphatic carbocycles. The van der Waals surface area contributed by atoms with Gasteiger partial charge in [0.15, 0.2) is 0 Å². The molecule has 0 radical (unpaired) electrons. The molecule has 1 unspecified atom stereocenters. The Morgan fingerprint density at radius 3 is 3.15 bits per heavy atom.